The summed E-state index contributed by atoms with van der Waals surface area (Å²) in [5.74, 6) is -0.842. The third kappa shape index (κ3) is 5.16. The van der Waals surface area contributed by atoms with Crippen molar-refractivity contribution in [2.24, 2.45) is 0 Å². The number of nitrogens with one attached hydrogen (secondary N) is 1. The summed E-state index contributed by atoms with van der Waals surface area (Å²) in [6.07, 6.45) is 1.79. The number of rotatable bonds is 6. The standard InChI is InChI=1S/C17H19F2NO/c1-12(2-3-13-4-6-17(21)7-5-13)20-11-14-8-15(18)10-16(19)9-14/h4-10,12,20-21H,2-3,11H2,1H3. The van der Waals surface area contributed by atoms with Gasteiger partial charge in [0.05, 0.1) is 0 Å². The molecule has 2 aromatic carbocycles. The molecule has 2 N–H and O–H groups in total. The van der Waals surface area contributed by atoms with Crippen LogP contribution in [-0.2, 0) is 13.0 Å². The van der Waals surface area contributed by atoms with Gasteiger partial charge in [-0.25, -0.2) is 8.78 Å². The van der Waals surface area contributed by atoms with Crippen LogP contribution in [0.5, 0.6) is 5.75 Å². The summed E-state index contributed by atoms with van der Waals surface area (Å²) >= 11 is 0. The Hall–Kier alpha value is -1.94. The highest BCUT2D eigenvalue weighted by Gasteiger charge is 2.05. The second-order valence-corrected chi connectivity index (χ2v) is 5.26. The molecular formula is C17H19F2NO. The molecule has 0 radical (unpaired) electrons. The molecule has 2 aromatic rings. The first-order chi connectivity index (χ1) is 10.0. The molecule has 2 nitrogen and oxygen atoms in total. The van der Waals surface area contributed by atoms with Gasteiger partial charge in [0.1, 0.15) is 17.4 Å². The van der Waals surface area contributed by atoms with Gasteiger partial charge < -0.3 is 10.4 Å². The smallest absolute Gasteiger partial charge is 0.126 e. The lowest BCUT2D eigenvalue weighted by molar-refractivity contribution is 0.474. The third-order valence-corrected chi connectivity index (χ3v) is 3.38. The molecule has 0 heterocycles. The summed E-state index contributed by atoms with van der Waals surface area (Å²) < 4.78 is 26.1. The molecule has 0 aliphatic heterocycles. The lowest BCUT2D eigenvalue weighted by Crippen LogP contribution is -2.26. The second-order valence-electron chi connectivity index (χ2n) is 5.26. The van der Waals surface area contributed by atoms with Crippen molar-refractivity contribution in [1.82, 2.24) is 5.32 Å². The first-order valence-electron chi connectivity index (χ1n) is 6.99. The van der Waals surface area contributed by atoms with Crippen molar-refractivity contribution in [2.45, 2.75) is 32.4 Å². The first-order valence-corrected chi connectivity index (χ1v) is 6.99. The highest BCUT2D eigenvalue weighted by Crippen LogP contribution is 2.12. The summed E-state index contributed by atoms with van der Waals surface area (Å²) in [5.41, 5.74) is 1.75. The summed E-state index contributed by atoms with van der Waals surface area (Å²) in [6.45, 7) is 2.47. The van der Waals surface area contributed by atoms with Gasteiger partial charge in [0.2, 0.25) is 0 Å². The third-order valence-electron chi connectivity index (χ3n) is 3.38. The van der Waals surface area contributed by atoms with Crippen molar-refractivity contribution in [3.63, 3.8) is 0 Å². The second kappa shape index (κ2) is 7.18. The van der Waals surface area contributed by atoms with Gasteiger partial charge in [-0.1, -0.05) is 12.1 Å². The van der Waals surface area contributed by atoms with Crippen molar-refractivity contribution >= 4 is 0 Å². The van der Waals surface area contributed by atoms with Crippen molar-refractivity contribution < 1.29 is 13.9 Å². The van der Waals surface area contributed by atoms with Gasteiger partial charge in [0, 0.05) is 18.7 Å². The van der Waals surface area contributed by atoms with Gasteiger partial charge in [0.25, 0.3) is 0 Å². The van der Waals surface area contributed by atoms with Crippen LogP contribution in [0, 0.1) is 11.6 Å². The molecule has 2 rings (SSSR count). The Kier molecular flexibility index (Phi) is 5.28. The van der Waals surface area contributed by atoms with Crippen LogP contribution < -0.4 is 5.32 Å². The molecule has 0 aliphatic carbocycles. The number of phenolic OH excluding ortho intramolecular Hbond substituents is 1. The van der Waals surface area contributed by atoms with E-state index < -0.39 is 11.6 Å². The highest BCUT2D eigenvalue weighted by atomic mass is 19.1. The van der Waals surface area contributed by atoms with E-state index >= 15 is 0 Å². The predicted molar refractivity (Wildman–Crippen MR) is 79.1 cm³/mol. The Morgan fingerprint density at radius 1 is 1.00 bits per heavy atom. The van der Waals surface area contributed by atoms with Crippen molar-refractivity contribution in [2.75, 3.05) is 0 Å². The SMILES string of the molecule is CC(CCc1ccc(O)cc1)NCc1cc(F)cc(F)c1. The molecule has 0 saturated carbocycles. The van der Waals surface area contributed by atoms with E-state index in [-0.39, 0.29) is 11.8 Å². The van der Waals surface area contributed by atoms with Crippen molar-refractivity contribution in [3.05, 3.63) is 65.2 Å². The molecule has 1 unspecified atom stereocenters. The van der Waals surface area contributed by atoms with Crippen LogP contribution in [-0.4, -0.2) is 11.1 Å². The summed E-state index contributed by atoms with van der Waals surface area (Å²) in [7, 11) is 0. The molecule has 0 bridgehead atoms. The number of hydrogen-bond donors (Lipinski definition) is 2. The first kappa shape index (κ1) is 15.4. The summed E-state index contributed by atoms with van der Waals surface area (Å²) in [5, 5.41) is 12.5. The number of hydrogen-bond acceptors (Lipinski definition) is 2. The monoisotopic (exact) mass is 291 g/mol. The maximum atomic E-state index is 13.1. The molecular weight excluding hydrogens is 272 g/mol. The minimum Gasteiger partial charge on any atom is -0.508 e. The zero-order valence-electron chi connectivity index (χ0n) is 11.9. The number of halogens is 2. The van der Waals surface area contributed by atoms with E-state index in [4.69, 9.17) is 0 Å². The van der Waals surface area contributed by atoms with E-state index in [1.807, 2.05) is 19.1 Å². The van der Waals surface area contributed by atoms with Crippen molar-refractivity contribution in [1.29, 1.82) is 0 Å². The Balaban J connectivity index is 1.79. The van der Waals surface area contributed by atoms with E-state index in [2.05, 4.69) is 5.32 Å². The van der Waals surface area contributed by atoms with Crippen LogP contribution in [0.2, 0.25) is 0 Å². The average Bonchev–Trinajstić information content (AvgIpc) is 2.43. The Labute approximate surface area is 123 Å². The van der Waals surface area contributed by atoms with E-state index in [0.717, 1.165) is 24.5 Å². The zero-order chi connectivity index (χ0) is 15.2. The maximum Gasteiger partial charge on any atom is 0.126 e. The molecule has 0 amide bonds. The van der Waals surface area contributed by atoms with Gasteiger partial charge in [-0.05, 0) is 55.2 Å². The Morgan fingerprint density at radius 3 is 2.24 bits per heavy atom. The van der Waals surface area contributed by atoms with Crippen LogP contribution in [0.3, 0.4) is 0 Å². The number of phenols is 1. The predicted octanol–water partition coefficient (Wildman–Crippen LogP) is 3.78. The minimum atomic E-state index is -0.552. The molecule has 21 heavy (non-hydrogen) atoms. The van der Waals surface area contributed by atoms with Gasteiger partial charge in [-0.3, -0.25) is 0 Å². The van der Waals surface area contributed by atoms with Crippen molar-refractivity contribution in [3.8, 4) is 5.75 Å². The fourth-order valence-corrected chi connectivity index (χ4v) is 2.15. The fourth-order valence-electron chi connectivity index (χ4n) is 2.15. The van der Waals surface area contributed by atoms with Crippen LogP contribution in [0.4, 0.5) is 8.78 Å². The molecule has 0 saturated heterocycles. The maximum absolute atomic E-state index is 13.1. The van der Waals surface area contributed by atoms with E-state index in [1.54, 1.807) is 12.1 Å². The quantitative estimate of drug-likeness (QED) is 0.849. The Morgan fingerprint density at radius 2 is 1.62 bits per heavy atom. The number of benzene rings is 2. The normalized spacial score (nSPS) is 12.3. The zero-order valence-corrected chi connectivity index (χ0v) is 11.9. The van der Waals surface area contributed by atoms with E-state index in [0.29, 0.717) is 12.1 Å². The Bertz CT molecular complexity index is 564. The van der Waals surface area contributed by atoms with Gasteiger partial charge in [-0.15, -0.1) is 0 Å². The minimum absolute atomic E-state index is 0.227. The van der Waals surface area contributed by atoms with Crippen LogP contribution in [0.15, 0.2) is 42.5 Å². The summed E-state index contributed by atoms with van der Waals surface area (Å²) in [6, 6.07) is 10.9. The lowest BCUT2D eigenvalue weighted by Gasteiger charge is -2.14. The van der Waals surface area contributed by atoms with Gasteiger partial charge in [-0.2, -0.15) is 0 Å². The van der Waals surface area contributed by atoms with Crippen LogP contribution in [0.1, 0.15) is 24.5 Å². The van der Waals surface area contributed by atoms with E-state index in [9.17, 15) is 13.9 Å². The number of aromatic hydroxyl groups is 1. The van der Waals surface area contributed by atoms with Crippen LogP contribution >= 0.6 is 0 Å². The average molecular weight is 291 g/mol. The lowest BCUT2D eigenvalue weighted by atomic mass is 10.1. The molecule has 0 fully saturated rings. The molecule has 112 valence electrons. The summed E-state index contributed by atoms with van der Waals surface area (Å²) in [4.78, 5) is 0. The molecule has 4 heteroatoms. The fraction of sp³-hybridized carbons (Fsp3) is 0.294. The molecule has 1 atom stereocenters. The molecule has 0 aromatic heterocycles. The van der Waals surface area contributed by atoms with E-state index in [1.165, 1.54) is 12.1 Å². The topological polar surface area (TPSA) is 32.3 Å². The largest absolute Gasteiger partial charge is 0.508 e. The molecule has 0 aliphatic rings. The van der Waals surface area contributed by atoms with Gasteiger partial charge in [0.15, 0.2) is 0 Å². The molecule has 0 spiro atoms. The van der Waals surface area contributed by atoms with Crippen LogP contribution in [0.25, 0.3) is 0 Å². The van der Waals surface area contributed by atoms with Gasteiger partial charge >= 0.3 is 0 Å². The number of aryl methyl sites for hydroxylation is 1. The highest BCUT2D eigenvalue weighted by molar-refractivity contribution is 5.26.